The van der Waals surface area contributed by atoms with Crippen molar-refractivity contribution in [1.82, 2.24) is 4.90 Å². The maximum Gasteiger partial charge on any atom is 0.326 e. The van der Waals surface area contributed by atoms with Crippen molar-refractivity contribution in [3.63, 3.8) is 0 Å². The van der Waals surface area contributed by atoms with Crippen molar-refractivity contribution in [1.29, 1.82) is 0 Å². The summed E-state index contributed by atoms with van der Waals surface area (Å²) in [6.45, 7) is 9.73. The zero-order chi connectivity index (χ0) is 15.5. The maximum absolute atomic E-state index is 12.4. The van der Waals surface area contributed by atoms with Crippen molar-refractivity contribution in [2.24, 2.45) is 0 Å². The average molecular weight is 291 g/mol. The number of ether oxygens (including phenoxy) is 2. The smallest absolute Gasteiger partial charge is 0.326 e. The molecule has 2 atom stereocenters. The van der Waals surface area contributed by atoms with Crippen LogP contribution in [-0.2, 0) is 20.9 Å². The van der Waals surface area contributed by atoms with Gasteiger partial charge >= 0.3 is 5.97 Å². The second-order valence-corrected chi connectivity index (χ2v) is 6.28. The molecule has 1 aliphatic heterocycles. The second-order valence-electron chi connectivity index (χ2n) is 6.28. The number of carbonyl (C=O) groups is 1. The number of esters is 1. The van der Waals surface area contributed by atoms with Gasteiger partial charge in [0.05, 0.1) is 12.2 Å². The lowest BCUT2D eigenvalue weighted by molar-refractivity contribution is -0.165. The van der Waals surface area contributed by atoms with Crippen molar-refractivity contribution in [2.75, 3.05) is 13.1 Å². The predicted octanol–water partition coefficient (Wildman–Crippen LogP) is 2.62. The minimum Gasteiger partial charge on any atom is -0.459 e. The molecule has 116 valence electrons. The monoisotopic (exact) mass is 291 g/mol. The zero-order valence-corrected chi connectivity index (χ0v) is 13.3. The molecule has 0 unspecified atom stereocenters. The summed E-state index contributed by atoms with van der Waals surface area (Å²) in [5.74, 6) is -0.187. The number of hydrogen-bond donors (Lipinski definition) is 0. The number of rotatable bonds is 4. The molecule has 0 spiro atoms. The Hall–Kier alpha value is -1.39. The molecule has 1 aromatic carbocycles. The van der Waals surface area contributed by atoms with Crippen LogP contribution in [0.3, 0.4) is 0 Å². The van der Waals surface area contributed by atoms with E-state index in [0.717, 1.165) is 18.7 Å². The lowest BCUT2D eigenvalue weighted by atomic mass is 10.0. The summed E-state index contributed by atoms with van der Waals surface area (Å²) in [7, 11) is 0. The molecule has 4 heteroatoms. The zero-order valence-electron chi connectivity index (χ0n) is 13.3. The molecular formula is C17H25NO3. The first kappa shape index (κ1) is 16.0. The lowest BCUT2D eigenvalue weighted by Gasteiger charge is -2.43. The van der Waals surface area contributed by atoms with Gasteiger partial charge < -0.3 is 9.47 Å². The Morgan fingerprint density at radius 1 is 1.24 bits per heavy atom. The summed E-state index contributed by atoms with van der Waals surface area (Å²) in [6, 6.07) is 9.75. The van der Waals surface area contributed by atoms with E-state index in [4.69, 9.17) is 9.47 Å². The fraction of sp³-hybridized carbons (Fsp3) is 0.588. The summed E-state index contributed by atoms with van der Waals surface area (Å²) >= 11 is 0. The molecule has 1 heterocycles. The van der Waals surface area contributed by atoms with Crippen LogP contribution in [0.15, 0.2) is 30.3 Å². The van der Waals surface area contributed by atoms with E-state index in [1.54, 1.807) is 0 Å². The molecule has 0 saturated carbocycles. The molecule has 0 radical (unpaired) electrons. The van der Waals surface area contributed by atoms with Crippen LogP contribution in [0, 0.1) is 0 Å². The second kappa shape index (κ2) is 6.58. The molecular weight excluding hydrogens is 266 g/mol. The SMILES string of the molecule is C[C@@H]1CN(C(C)(C)C(=O)OCc2ccccc2)C[C@H](C)O1. The summed E-state index contributed by atoms with van der Waals surface area (Å²) in [4.78, 5) is 14.6. The molecule has 21 heavy (non-hydrogen) atoms. The molecule has 4 nitrogen and oxygen atoms in total. The first-order chi connectivity index (χ1) is 9.89. The minimum absolute atomic E-state index is 0.134. The third-order valence-corrected chi connectivity index (χ3v) is 3.92. The van der Waals surface area contributed by atoms with Gasteiger partial charge in [0.2, 0.25) is 0 Å². The van der Waals surface area contributed by atoms with Crippen molar-refractivity contribution in [2.45, 2.75) is 52.0 Å². The van der Waals surface area contributed by atoms with Crippen LogP contribution in [0.5, 0.6) is 0 Å². The topological polar surface area (TPSA) is 38.8 Å². The average Bonchev–Trinajstić information content (AvgIpc) is 2.44. The van der Waals surface area contributed by atoms with Gasteiger partial charge in [-0.15, -0.1) is 0 Å². The quantitative estimate of drug-likeness (QED) is 0.799. The van der Waals surface area contributed by atoms with Gasteiger partial charge in [-0.1, -0.05) is 30.3 Å². The fourth-order valence-corrected chi connectivity index (χ4v) is 2.66. The highest BCUT2D eigenvalue weighted by Gasteiger charge is 2.39. The highest BCUT2D eigenvalue weighted by atomic mass is 16.5. The molecule has 0 amide bonds. The van der Waals surface area contributed by atoms with Crippen LogP contribution in [0.4, 0.5) is 0 Å². The van der Waals surface area contributed by atoms with Crippen molar-refractivity contribution in [3.05, 3.63) is 35.9 Å². The summed E-state index contributed by atoms with van der Waals surface area (Å²) in [5.41, 5.74) is 0.367. The predicted molar refractivity (Wildman–Crippen MR) is 81.9 cm³/mol. The minimum atomic E-state index is -0.638. The summed E-state index contributed by atoms with van der Waals surface area (Å²) in [5, 5.41) is 0. The van der Waals surface area contributed by atoms with Gasteiger partial charge in [0.25, 0.3) is 0 Å². The molecule has 0 aliphatic carbocycles. The molecule has 2 rings (SSSR count). The molecule has 0 N–H and O–H groups in total. The highest BCUT2D eigenvalue weighted by Crippen LogP contribution is 2.23. The van der Waals surface area contributed by atoms with Crippen LogP contribution < -0.4 is 0 Å². The lowest BCUT2D eigenvalue weighted by Crippen LogP contribution is -2.58. The van der Waals surface area contributed by atoms with Gasteiger partial charge in [0, 0.05) is 13.1 Å². The van der Waals surface area contributed by atoms with E-state index in [-0.39, 0.29) is 18.2 Å². The van der Waals surface area contributed by atoms with Crippen molar-refractivity contribution in [3.8, 4) is 0 Å². The Kier molecular flexibility index (Phi) is 5.01. The van der Waals surface area contributed by atoms with E-state index in [1.165, 1.54) is 0 Å². The van der Waals surface area contributed by atoms with Gasteiger partial charge in [-0.3, -0.25) is 9.69 Å². The van der Waals surface area contributed by atoms with Crippen molar-refractivity contribution < 1.29 is 14.3 Å². The Labute approximate surface area is 127 Å². The van der Waals surface area contributed by atoms with Crippen molar-refractivity contribution >= 4 is 5.97 Å². The highest BCUT2D eigenvalue weighted by molar-refractivity contribution is 5.79. The molecule has 1 aromatic rings. The van der Waals surface area contributed by atoms with E-state index < -0.39 is 5.54 Å². The van der Waals surface area contributed by atoms with Gasteiger partial charge in [-0.05, 0) is 33.3 Å². The number of morpholine rings is 1. The van der Waals surface area contributed by atoms with E-state index >= 15 is 0 Å². The first-order valence-electron chi connectivity index (χ1n) is 7.51. The third kappa shape index (κ3) is 4.05. The first-order valence-corrected chi connectivity index (χ1v) is 7.51. The molecule has 1 saturated heterocycles. The number of carbonyl (C=O) groups excluding carboxylic acids is 1. The molecule has 1 fully saturated rings. The van der Waals surface area contributed by atoms with E-state index in [1.807, 2.05) is 58.0 Å². The van der Waals surface area contributed by atoms with E-state index in [9.17, 15) is 4.79 Å². The van der Waals surface area contributed by atoms with Crippen LogP contribution in [0.25, 0.3) is 0 Å². The van der Waals surface area contributed by atoms with E-state index in [0.29, 0.717) is 6.61 Å². The number of benzene rings is 1. The molecule has 0 aromatic heterocycles. The summed E-state index contributed by atoms with van der Waals surface area (Å²) < 4.78 is 11.2. The van der Waals surface area contributed by atoms with Gasteiger partial charge in [-0.2, -0.15) is 0 Å². The molecule has 0 bridgehead atoms. The van der Waals surface area contributed by atoms with E-state index in [2.05, 4.69) is 4.90 Å². The normalized spacial score (nSPS) is 23.8. The van der Waals surface area contributed by atoms with Crippen LogP contribution in [0.2, 0.25) is 0 Å². The van der Waals surface area contributed by atoms with Crippen LogP contribution in [0.1, 0.15) is 33.3 Å². The van der Waals surface area contributed by atoms with Gasteiger partial charge in [0.1, 0.15) is 12.1 Å². The number of nitrogens with zero attached hydrogens (tertiary/aromatic N) is 1. The van der Waals surface area contributed by atoms with Crippen LogP contribution >= 0.6 is 0 Å². The number of hydrogen-bond acceptors (Lipinski definition) is 4. The summed E-state index contributed by atoms with van der Waals surface area (Å²) in [6.07, 6.45) is 0.268. The molecule has 1 aliphatic rings. The fourth-order valence-electron chi connectivity index (χ4n) is 2.66. The largest absolute Gasteiger partial charge is 0.459 e. The Morgan fingerprint density at radius 2 is 1.81 bits per heavy atom. The van der Waals surface area contributed by atoms with Gasteiger partial charge in [-0.25, -0.2) is 0 Å². The third-order valence-electron chi connectivity index (χ3n) is 3.92. The Balaban J connectivity index is 1.96. The maximum atomic E-state index is 12.4. The van der Waals surface area contributed by atoms with Crippen LogP contribution in [-0.4, -0.2) is 41.7 Å². The standard InChI is InChI=1S/C17H25NO3/c1-13-10-18(11-14(2)21-13)17(3,4)16(19)20-12-15-8-6-5-7-9-15/h5-9,13-14H,10-12H2,1-4H3/t13-,14+. The van der Waals surface area contributed by atoms with Gasteiger partial charge in [0.15, 0.2) is 0 Å². The Morgan fingerprint density at radius 3 is 2.38 bits per heavy atom. The Bertz CT molecular complexity index is 462.